The van der Waals surface area contributed by atoms with Crippen LogP contribution in [0.15, 0.2) is 12.1 Å². The number of likely N-dealkylation sites (tertiary alicyclic amines) is 1. The third-order valence-electron chi connectivity index (χ3n) is 4.31. The summed E-state index contributed by atoms with van der Waals surface area (Å²) < 4.78 is 11.0. The van der Waals surface area contributed by atoms with Crippen LogP contribution in [0, 0.1) is 5.92 Å². The molecule has 0 spiro atoms. The summed E-state index contributed by atoms with van der Waals surface area (Å²) in [4.78, 5) is 2.53. The Morgan fingerprint density at radius 2 is 2.20 bits per heavy atom. The first kappa shape index (κ1) is 13.7. The Morgan fingerprint density at radius 1 is 1.30 bits per heavy atom. The Labute approximate surface area is 120 Å². The Morgan fingerprint density at radius 3 is 3.10 bits per heavy atom. The summed E-state index contributed by atoms with van der Waals surface area (Å²) >= 11 is 0. The maximum Gasteiger partial charge on any atom is 0.189 e. The fraction of sp³-hybridized carbons (Fsp3) is 0.625. The van der Waals surface area contributed by atoms with E-state index in [0.29, 0.717) is 13.4 Å². The monoisotopic (exact) mass is 276 g/mol. The molecule has 2 aliphatic heterocycles. The molecule has 2 aliphatic rings. The molecule has 0 aromatic heterocycles. The van der Waals surface area contributed by atoms with Crippen molar-refractivity contribution in [2.24, 2.45) is 5.92 Å². The van der Waals surface area contributed by atoms with E-state index in [4.69, 9.17) is 15.2 Å². The van der Waals surface area contributed by atoms with Crippen LogP contribution in [0.25, 0.3) is 0 Å². The van der Waals surface area contributed by atoms with Crippen LogP contribution >= 0.6 is 0 Å². The summed E-state index contributed by atoms with van der Waals surface area (Å²) in [6.45, 7) is 6.57. The van der Waals surface area contributed by atoms with E-state index in [2.05, 4.69) is 17.9 Å². The number of rotatable bonds is 2. The Kier molecular flexibility index (Phi) is 4.13. The molecule has 4 heteroatoms. The minimum atomic E-state index is 0.348. The van der Waals surface area contributed by atoms with Crippen molar-refractivity contribution in [1.29, 1.82) is 0 Å². The van der Waals surface area contributed by atoms with Gasteiger partial charge in [0.1, 0.15) is 5.75 Å². The molecule has 3 rings (SSSR count). The number of nitrogen functional groups attached to an aromatic ring is 1. The molecule has 1 aromatic rings. The highest BCUT2D eigenvalue weighted by Crippen LogP contribution is 2.32. The lowest BCUT2D eigenvalue weighted by Gasteiger charge is -2.25. The molecular weight excluding hydrogens is 252 g/mol. The van der Waals surface area contributed by atoms with Gasteiger partial charge in [-0.2, -0.15) is 0 Å². The first-order valence-electron chi connectivity index (χ1n) is 7.56. The number of hydrogen-bond acceptors (Lipinski definition) is 4. The minimum absolute atomic E-state index is 0.348. The molecule has 1 atom stereocenters. The Hall–Kier alpha value is -1.26. The van der Waals surface area contributed by atoms with Gasteiger partial charge in [-0.25, -0.2) is 0 Å². The predicted molar refractivity (Wildman–Crippen MR) is 79.4 cm³/mol. The molecule has 1 unspecified atom stereocenters. The van der Waals surface area contributed by atoms with Gasteiger partial charge >= 0.3 is 0 Å². The highest BCUT2D eigenvalue weighted by molar-refractivity contribution is 5.53. The second kappa shape index (κ2) is 6.02. The van der Waals surface area contributed by atoms with Crippen molar-refractivity contribution in [2.75, 3.05) is 25.6 Å². The van der Waals surface area contributed by atoms with E-state index in [0.717, 1.165) is 29.5 Å². The van der Waals surface area contributed by atoms with Gasteiger partial charge in [0, 0.05) is 23.4 Å². The van der Waals surface area contributed by atoms with Crippen LogP contribution in [-0.4, -0.2) is 24.8 Å². The van der Waals surface area contributed by atoms with Crippen molar-refractivity contribution < 1.29 is 9.47 Å². The summed E-state index contributed by atoms with van der Waals surface area (Å²) in [7, 11) is 0. The highest BCUT2D eigenvalue weighted by atomic mass is 16.7. The van der Waals surface area contributed by atoms with Gasteiger partial charge in [0.2, 0.25) is 0 Å². The molecule has 4 nitrogen and oxygen atoms in total. The van der Waals surface area contributed by atoms with E-state index in [9.17, 15) is 0 Å². The van der Waals surface area contributed by atoms with E-state index in [1.807, 2.05) is 6.07 Å². The molecule has 0 saturated carbocycles. The summed E-state index contributed by atoms with van der Waals surface area (Å²) in [5.41, 5.74) is 9.10. The van der Waals surface area contributed by atoms with Gasteiger partial charge in [-0.05, 0) is 50.4 Å². The fourth-order valence-corrected chi connectivity index (χ4v) is 3.17. The maximum absolute atomic E-state index is 6.01. The van der Waals surface area contributed by atoms with Crippen LogP contribution < -0.4 is 10.5 Å². The average Bonchev–Trinajstić information content (AvgIpc) is 2.64. The van der Waals surface area contributed by atoms with Crippen molar-refractivity contribution in [3.05, 3.63) is 23.3 Å². The SMILES string of the molecule is CC1CCCN(Cc2cc(N)cc3c2OCOC3)CC1. The molecule has 0 amide bonds. The maximum atomic E-state index is 6.01. The normalized spacial score (nSPS) is 23.8. The third-order valence-corrected chi connectivity index (χ3v) is 4.31. The number of anilines is 1. The van der Waals surface area contributed by atoms with Gasteiger partial charge in [-0.1, -0.05) is 6.92 Å². The lowest BCUT2D eigenvalue weighted by atomic mass is 10.0. The van der Waals surface area contributed by atoms with Crippen LogP contribution in [0.3, 0.4) is 0 Å². The molecule has 0 radical (unpaired) electrons. The minimum Gasteiger partial charge on any atom is -0.467 e. The Bertz CT molecular complexity index is 476. The van der Waals surface area contributed by atoms with Gasteiger partial charge in [-0.3, -0.25) is 4.90 Å². The van der Waals surface area contributed by atoms with Crippen molar-refractivity contribution in [3.8, 4) is 5.75 Å². The first-order chi connectivity index (χ1) is 9.72. The van der Waals surface area contributed by atoms with Crippen molar-refractivity contribution in [3.63, 3.8) is 0 Å². The number of fused-ring (bicyclic) bond motifs is 1. The van der Waals surface area contributed by atoms with Crippen LogP contribution in [0.1, 0.15) is 37.3 Å². The molecular formula is C16H24N2O2. The summed E-state index contributed by atoms with van der Waals surface area (Å²) in [6.07, 6.45) is 3.92. The number of hydrogen-bond donors (Lipinski definition) is 1. The van der Waals surface area contributed by atoms with E-state index in [1.165, 1.54) is 37.9 Å². The molecule has 1 saturated heterocycles. The topological polar surface area (TPSA) is 47.7 Å². The smallest absolute Gasteiger partial charge is 0.189 e. The van der Waals surface area contributed by atoms with E-state index in [-0.39, 0.29) is 0 Å². The molecule has 0 bridgehead atoms. The summed E-state index contributed by atoms with van der Waals surface area (Å²) in [6, 6.07) is 4.01. The number of benzene rings is 1. The number of nitrogens with zero attached hydrogens (tertiary/aromatic N) is 1. The Balaban J connectivity index is 1.78. The molecule has 2 N–H and O–H groups in total. The zero-order chi connectivity index (χ0) is 13.9. The third kappa shape index (κ3) is 3.07. The second-order valence-corrected chi connectivity index (χ2v) is 6.09. The van der Waals surface area contributed by atoms with Crippen molar-refractivity contribution in [2.45, 2.75) is 39.3 Å². The molecule has 110 valence electrons. The van der Waals surface area contributed by atoms with Crippen LogP contribution in [-0.2, 0) is 17.9 Å². The van der Waals surface area contributed by atoms with E-state index in [1.54, 1.807) is 0 Å². The first-order valence-corrected chi connectivity index (χ1v) is 7.56. The predicted octanol–water partition coefficient (Wildman–Crippen LogP) is 2.76. The second-order valence-electron chi connectivity index (χ2n) is 6.09. The number of ether oxygens (including phenoxy) is 2. The zero-order valence-electron chi connectivity index (χ0n) is 12.2. The van der Waals surface area contributed by atoms with Gasteiger partial charge in [0.25, 0.3) is 0 Å². The van der Waals surface area contributed by atoms with Gasteiger partial charge < -0.3 is 15.2 Å². The fourth-order valence-electron chi connectivity index (χ4n) is 3.17. The van der Waals surface area contributed by atoms with Gasteiger partial charge in [0.05, 0.1) is 6.61 Å². The van der Waals surface area contributed by atoms with Crippen LogP contribution in [0.4, 0.5) is 5.69 Å². The molecule has 0 aliphatic carbocycles. The van der Waals surface area contributed by atoms with Crippen LogP contribution in [0.5, 0.6) is 5.75 Å². The molecule has 1 fully saturated rings. The van der Waals surface area contributed by atoms with E-state index >= 15 is 0 Å². The number of nitrogens with two attached hydrogens (primary N) is 1. The highest BCUT2D eigenvalue weighted by Gasteiger charge is 2.19. The zero-order valence-corrected chi connectivity index (χ0v) is 12.2. The van der Waals surface area contributed by atoms with Crippen molar-refractivity contribution in [1.82, 2.24) is 4.90 Å². The summed E-state index contributed by atoms with van der Waals surface area (Å²) in [5, 5.41) is 0. The average molecular weight is 276 g/mol. The largest absolute Gasteiger partial charge is 0.467 e. The molecule has 1 aromatic carbocycles. The lowest BCUT2D eigenvalue weighted by molar-refractivity contribution is -0.0174. The molecule has 2 heterocycles. The van der Waals surface area contributed by atoms with Crippen molar-refractivity contribution >= 4 is 5.69 Å². The summed E-state index contributed by atoms with van der Waals surface area (Å²) in [5.74, 6) is 1.84. The standard InChI is InChI=1S/C16H24N2O2/c1-12-3-2-5-18(6-4-12)9-13-7-15(17)8-14-10-19-11-20-16(13)14/h7-8,12H,2-6,9-11,17H2,1H3. The van der Waals surface area contributed by atoms with Crippen LogP contribution in [0.2, 0.25) is 0 Å². The molecule has 20 heavy (non-hydrogen) atoms. The van der Waals surface area contributed by atoms with E-state index < -0.39 is 0 Å². The lowest BCUT2D eigenvalue weighted by Crippen LogP contribution is -2.25. The van der Waals surface area contributed by atoms with Gasteiger partial charge in [0.15, 0.2) is 6.79 Å². The quantitative estimate of drug-likeness (QED) is 0.844. The van der Waals surface area contributed by atoms with Gasteiger partial charge in [-0.15, -0.1) is 0 Å².